The van der Waals surface area contributed by atoms with Gasteiger partial charge in [-0.3, -0.25) is 0 Å². The van der Waals surface area contributed by atoms with Crippen LogP contribution in [-0.2, 0) is 0 Å². The van der Waals surface area contributed by atoms with Crippen molar-refractivity contribution in [2.45, 2.75) is 115 Å². The lowest BCUT2D eigenvalue weighted by atomic mass is 9.70. The third-order valence-electron chi connectivity index (χ3n) is 7.11. The second-order valence-electron chi connectivity index (χ2n) is 10.4. The number of aliphatic hydroxyl groups excluding tert-OH is 2. The van der Waals surface area contributed by atoms with Crippen molar-refractivity contribution in [3.8, 4) is 0 Å². The van der Waals surface area contributed by atoms with Crippen molar-refractivity contribution in [2.24, 2.45) is 11.3 Å². The first-order chi connectivity index (χ1) is 12.7. The van der Waals surface area contributed by atoms with E-state index in [1.165, 1.54) is 56.9 Å². The Morgan fingerprint density at radius 3 is 2.48 bits per heavy atom. The molecule has 154 valence electrons. The molecular weight excluding hydrogens is 336 g/mol. The summed E-state index contributed by atoms with van der Waals surface area (Å²) in [7, 11) is 0. The van der Waals surface area contributed by atoms with Crippen LogP contribution >= 0.6 is 0 Å². The predicted octanol–water partition coefficient (Wildman–Crippen LogP) is 5.05. The monoisotopic (exact) mass is 376 g/mol. The van der Waals surface area contributed by atoms with E-state index < -0.39 is 5.60 Å². The molecule has 3 saturated carbocycles. The highest BCUT2D eigenvalue weighted by Crippen LogP contribution is 2.53. The molecule has 0 aromatic rings. The summed E-state index contributed by atoms with van der Waals surface area (Å²) in [5.74, 6) is 0.841. The maximum atomic E-state index is 9.92. The number of hydrogen-bond acceptors (Lipinski definition) is 3. The molecular formula is C24H40O3. The van der Waals surface area contributed by atoms with E-state index in [2.05, 4.69) is 12.2 Å². The molecule has 0 heterocycles. The molecule has 0 unspecified atom stereocenters. The third kappa shape index (κ3) is 6.44. The number of allylic oxidation sites excluding steroid dienone is 3. The fourth-order valence-corrected chi connectivity index (χ4v) is 5.82. The number of aliphatic hydroxyl groups is 3. The summed E-state index contributed by atoms with van der Waals surface area (Å²) < 4.78 is 0. The Kier molecular flexibility index (Phi) is 6.87. The Morgan fingerprint density at radius 1 is 1.07 bits per heavy atom. The van der Waals surface area contributed by atoms with Gasteiger partial charge in [-0.1, -0.05) is 36.1 Å². The minimum atomic E-state index is -0.523. The smallest absolute Gasteiger partial charge is 0.0602 e. The zero-order valence-corrected chi connectivity index (χ0v) is 17.4. The van der Waals surface area contributed by atoms with Crippen molar-refractivity contribution in [1.82, 2.24) is 0 Å². The summed E-state index contributed by atoms with van der Waals surface area (Å²) in [4.78, 5) is 0. The van der Waals surface area contributed by atoms with Crippen molar-refractivity contribution < 1.29 is 15.3 Å². The summed E-state index contributed by atoms with van der Waals surface area (Å²) in [5.41, 5.74) is 2.77. The predicted molar refractivity (Wildman–Crippen MR) is 110 cm³/mol. The van der Waals surface area contributed by atoms with E-state index in [0.29, 0.717) is 11.8 Å². The lowest BCUT2D eigenvalue weighted by Gasteiger charge is -2.35. The van der Waals surface area contributed by atoms with E-state index in [-0.39, 0.29) is 12.2 Å². The first-order valence-electron chi connectivity index (χ1n) is 11.2. The molecule has 3 rings (SSSR count). The van der Waals surface area contributed by atoms with Crippen molar-refractivity contribution in [3.05, 3.63) is 23.3 Å². The molecule has 0 bridgehead atoms. The fraction of sp³-hybridized carbons (Fsp3) is 0.833. The Bertz CT molecular complexity index is 544. The van der Waals surface area contributed by atoms with Crippen LogP contribution in [0.2, 0.25) is 0 Å². The average Bonchev–Trinajstić information content (AvgIpc) is 2.93. The van der Waals surface area contributed by atoms with Gasteiger partial charge < -0.3 is 15.3 Å². The van der Waals surface area contributed by atoms with Gasteiger partial charge >= 0.3 is 0 Å². The molecule has 3 heteroatoms. The normalized spacial score (nSPS) is 36.6. The van der Waals surface area contributed by atoms with Crippen LogP contribution < -0.4 is 0 Å². The van der Waals surface area contributed by atoms with Gasteiger partial charge in [0.25, 0.3) is 0 Å². The minimum Gasteiger partial charge on any atom is -0.393 e. The van der Waals surface area contributed by atoms with Crippen molar-refractivity contribution in [1.29, 1.82) is 0 Å². The van der Waals surface area contributed by atoms with Crippen LogP contribution in [0.1, 0.15) is 97.3 Å². The fourth-order valence-electron chi connectivity index (χ4n) is 5.82. The van der Waals surface area contributed by atoms with Gasteiger partial charge in [0, 0.05) is 0 Å². The Hall–Kier alpha value is -0.640. The lowest BCUT2D eigenvalue weighted by Crippen LogP contribution is -2.24. The molecule has 0 saturated heterocycles. The van der Waals surface area contributed by atoms with Gasteiger partial charge in [-0.2, -0.15) is 0 Å². The van der Waals surface area contributed by atoms with Crippen LogP contribution in [-0.4, -0.2) is 33.1 Å². The molecule has 27 heavy (non-hydrogen) atoms. The maximum absolute atomic E-state index is 9.92. The summed E-state index contributed by atoms with van der Waals surface area (Å²) >= 11 is 0. The molecule has 3 fully saturated rings. The highest BCUT2D eigenvalue weighted by atomic mass is 16.3. The number of rotatable bonds is 5. The SMILES string of the molecule is CC(C)(O)CCC[C@@H]1CC[C@]2(CCCC(=CC=C3C[C@@H](O)C[C@H](O)C3)C2)C1. The Morgan fingerprint density at radius 2 is 1.78 bits per heavy atom. The van der Waals surface area contributed by atoms with Gasteiger partial charge in [0.2, 0.25) is 0 Å². The van der Waals surface area contributed by atoms with Gasteiger partial charge in [-0.05, 0) is 95.8 Å². The summed E-state index contributed by atoms with van der Waals surface area (Å²) in [5, 5.41) is 29.7. The van der Waals surface area contributed by atoms with Crippen molar-refractivity contribution >= 4 is 0 Å². The van der Waals surface area contributed by atoms with Gasteiger partial charge in [0.1, 0.15) is 0 Å². The summed E-state index contributed by atoms with van der Waals surface area (Å²) in [6.45, 7) is 3.83. The summed E-state index contributed by atoms with van der Waals surface area (Å²) in [6, 6.07) is 0. The molecule has 1 spiro atoms. The van der Waals surface area contributed by atoms with Crippen LogP contribution in [0.5, 0.6) is 0 Å². The second kappa shape index (κ2) is 8.80. The average molecular weight is 377 g/mol. The molecule has 0 amide bonds. The van der Waals surface area contributed by atoms with Crippen molar-refractivity contribution in [3.63, 3.8) is 0 Å². The van der Waals surface area contributed by atoms with Crippen LogP contribution in [0.3, 0.4) is 0 Å². The van der Waals surface area contributed by atoms with Crippen molar-refractivity contribution in [2.75, 3.05) is 0 Å². The van der Waals surface area contributed by atoms with Gasteiger partial charge in [-0.15, -0.1) is 0 Å². The molecule has 0 aliphatic heterocycles. The van der Waals surface area contributed by atoms with E-state index in [0.717, 1.165) is 31.6 Å². The van der Waals surface area contributed by atoms with Crippen LogP contribution in [0.4, 0.5) is 0 Å². The Labute approximate surface area is 165 Å². The van der Waals surface area contributed by atoms with Crippen LogP contribution in [0, 0.1) is 11.3 Å². The minimum absolute atomic E-state index is 0.379. The van der Waals surface area contributed by atoms with Crippen LogP contribution in [0.25, 0.3) is 0 Å². The highest BCUT2D eigenvalue weighted by molar-refractivity contribution is 5.22. The van der Waals surface area contributed by atoms with E-state index in [9.17, 15) is 15.3 Å². The standard InChI is InChI=1S/C24H40O3/c1-23(2,27)10-3-5-19-9-12-24(17-19)11-4-6-18(16-24)7-8-20-13-21(25)15-22(26)14-20/h7-8,19,21-22,25-27H,3-6,9-17H2,1-2H3/t19-,21-,22-,24+/m1/s1. The van der Waals surface area contributed by atoms with E-state index in [1.807, 2.05) is 13.8 Å². The maximum Gasteiger partial charge on any atom is 0.0602 e. The molecule has 3 nitrogen and oxygen atoms in total. The number of hydrogen-bond donors (Lipinski definition) is 3. The molecule has 3 aliphatic carbocycles. The lowest BCUT2D eigenvalue weighted by molar-refractivity contribution is 0.0608. The first kappa shape index (κ1) is 21.1. The largest absolute Gasteiger partial charge is 0.393 e. The van der Waals surface area contributed by atoms with E-state index in [1.54, 1.807) is 5.57 Å². The molecule has 3 N–H and O–H groups in total. The quantitative estimate of drug-likeness (QED) is 0.629. The van der Waals surface area contributed by atoms with Gasteiger partial charge in [-0.25, -0.2) is 0 Å². The molecule has 3 aliphatic rings. The Balaban J connectivity index is 1.53. The summed E-state index contributed by atoms with van der Waals surface area (Å²) in [6.07, 6.45) is 18.2. The molecule has 0 aromatic carbocycles. The highest BCUT2D eigenvalue weighted by Gasteiger charge is 2.40. The van der Waals surface area contributed by atoms with E-state index >= 15 is 0 Å². The molecule has 4 atom stereocenters. The molecule has 0 aromatic heterocycles. The van der Waals surface area contributed by atoms with E-state index in [4.69, 9.17) is 0 Å². The molecule has 0 radical (unpaired) electrons. The third-order valence-corrected chi connectivity index (χ3v) is 7.11. The van der Waals surface area contributed by atoms with Gasteiger partial charge in [0.05, 0.1) is 17.8 Å². The zero-order chi connectivity index (χ0) is 19.5. The first-order valence-corrected chi connectivity index (χ1v) is 11.2. The second-order valence-corrected chi connectivity index (χ2v) is 10.4. The topological polar surface area (TPSA) is 60.7 Å². The zero-order valence-electron chi connectivity index (χ0n) is 17.4. The van der Waals surface area contributed by atoms with Crippen LogP contribution in [0.15, 0.2) is 23.3 Å². The van der Waals surface area contributed by atoms with Gasteiger partial charge in [0.15, 0.2) is 0 Å².